The number of carbonyl (C=O) groups is 1. The zero-order valence-corrected chi connectivity index (χ0v) is 13.0. The molecule has 0 spiro atoms. The summed E-state index contributed by atoms with van der Waals surface area (Å²) in [6.45, 7) is 3.58. The van der Waals surface area contributed by atoms with Crippen molar-refractivity contribution in [3.63, 3.8) is 0 Å². The minimum atomic E-state index is 0.212. The fourth-order valence-electron chi connectivity index (χ4n) is 2.20. The smallest absolute Gasteiger partial charge is 0.222 e. The zero-order chi connectivity index (χ0) is 14.5. The quantitative estimate of drug-likeness (QED) is 0.636. The van der Waals surface area contributed by atoms with Crippen molar-refractivity contribution in [2.45, 2.75) is 31.0 Å². The molecule has 20 heavy (non-hydrogen) atoms. The minimum absolute atomic E-state index is 0.212. The summed E-state index contributed by atoms with van der Waals surface area (Å²) in [7, 11) is 1.84. The molecule has 0 aliphatic carbocycles. The molecule has 0 saturated carbocycles. The molecule has 1 atom stereocenters. The lowest BCUT2D eigenvalue weighted by Gasteiger charge is -2.30. The molecule has 2 rings (SSSR count). The van der Waals surface area contributed by atoms with E-state index in [0.29, 0.717) is 13.0 Å². The number of aromatic nitrogens is 2. The molecule has 2 heterocycles. The number of likely N-dealkylation sites (N-methyl/N-ethyl adjacent to an activating group) is 1. The molecule has 1 amide bonds. The number of thioether (sulfide) groups is 1. The minimum Gasteiger partial charge on any atom is -0.370 e. The molecule has 0 radical (unpaired) electrons. The van der Waals surface area contributed by atoms with Crippen molar-refractivity contribution in [3.8, 4) is 0 Å². The summed E-state index contributed by atoms with van der Waals surface area (Å²) in [5, 5.41) is 7.36. The van der Waals surface area contributed by atoms with E-state index in [1.54, 1.807) is 4.90 Å². The monoisotopic (exact) mass is 295 g/mol. The van der Waals surface area contributed by atoms with Crippen LogP contribution in [-0.4, -0.2) is 53.2 Å². The van der Waals surface area contributed by atoms with Gasteiger partial charge in [0.25, 0.3) is 0 Å². The van der Waals surface area contributed by atoms with Crippen LogP contribution in [0.2, 0.25) is 0 Å². The Hall–Kier alpha value is -1.50. The van der Waals surface area contributed by atoms with Crippen LogP contribution in [0, 0.1) is 0 Å². The van der Waals surface area contributed by atoms with Crippen molar-refractivity contribution in [2.75, 3.05) is 37.0 Å². The van der Waals surface area contributed by atoms with E-state index in [-0.39, 0.29) is 11.9 Å². The van der Waals surface area contributed by atoms with E-state index in [1.807, 2.05) is 26.3 Å². The second-order valence-electron chi connectivity index (χ2n) is 4.81. The second-order valence-corrected chi connectivity index (χ2v) is 5.58. The molecule has 1 aliphatic rings. The van der Waals surface area contributed by atoms with Gasteiger partial charge in [0.05, 0.1) is 0 Å². The van der Waals surface area contributed by atoms with Gasteiger partial charge in [0.15, 0.2) is 5.16 Å². The maximum absolute atomic E-state index is 11.5. The largest absolute Gasteiger partial charge is 0.370 e. The Morgan fingerprint density at radius 2 is 2.20 bits per heavy atom. The van der Waals surface area contributed by atoms with Crippen molar-refractivity contribution in [1.29, 1.82) is 0 Å². The summed E-state index contributed by atoms with van der Waals surface area (Å²) in [5.41, 5.74) is 0. The van der Waals surface area contributed by atoms with Crippen molar-refractivity contribution < 1.29 is 4.79 Å². The fraction of sp³-hybridized carbons (Fsp3) is 0.615. The predicted molar refractivity (Wildman–Crippen MR) is 82.3 cm³/mol. The molecule has 0 bridgehead atoms. The molecule has 1 unspecified atom stereocenters. The molecule has 1 aromatic rings. The van der Waals surface area contributed by atoms with Crippen LogP contribution < -0.4 is 10.6 Å². The number of hydrogen-bond donors (Lipinski definition) is 2. The maximum Gasteiger partial charge on any atom is 0.222 e. The molecule has 7 heteroatoms. The molecular formula is C13H21N5OS. The molecule has 110 valence electrons. The first kappa shape index (κ1) is 14.9. The van der Waals surface area contributed by atoms with Gasteiger partial charge in [-0.15, -0.1) is 0 Å². The summed E-state index contributed by atoms with van der Waals surface area (Å²) < 4.78 is 0. The van der Waals surface area contributed by atoms with Gasteiger partial charge in [-0.1, -0.05) is 11.8 Å². The Labute approximate surface area is 123 Å². The lowest BCUT2D eigenvalue weighted by Crippen LogP contribution is -2.43. The van der Waals surface area contributed by atoms with E-state index < -0.39 is 0 Å². The van der Waals surface area contributed by atoms with Crippen LogP contribution in [0.15, 0.2) is 11.2 Å². The lowest BCUT2D eigenvalue weighted by atomic mass is 10.1. The predicted octanol–water partition coefficient (Wildman–Crippen LogP) is 1.66. The van der Waals surface area contributed by atoms with Gasteiger partial charge in [0, 0.05) is 38.7 Å². The third kappa shape index (κ3) is 3.75. The number of nitrogens with zero attached hydrogens (tertiary/aromatic N) is 3. The molecule has 0 aromatic carbocycles. The first-order chi connectivity index (χ1) is 9.62. The van der Waals surface area contributed by atoms with Gasteiger partial charge in [0.1, 0.15) is 11.6 Å². The Morgan fingerprint density at radius 3 is 2.85 bits per heavy atom. The summed E-state index contributed by atoms with van der Waals surface area (Å²) in [6, 6.07) is 2.16. The van der Waals surface area contributed by atoms with Gasteiger partial charge in [0.2, 0.25) is 5.91 Å². The number of likely N-dealkylation sites (tertiary alicyclic amines) is 1. The topological polar surface area (TPSA) is 70.2 Å². The Kier molecular flexibility index (Phi) is 5.05. The number of piperidine rings is 1. The average Bonchev–Trinajstić information content (AvgIpc) is 2.43. The van der Waals surface area contributed by atoms with E-state index in [9.17, 15) is 4.79 Å². The first-order valence-electron chi connectivity index (χ1n) is 6.79. The third-order valence-electron chi connectivity index (χ3n) is 3.22. The highest BCUT2D eigenvalue weighted by molar-refractivity contribution is 7.98. The standard InChI is InChI=1S/C13H21N5OS/c1-4-14-10-7-11(17-13(16-10)20-3)15-9-5-6-12(19)18(2)8-9/h7,9H,4-6,8H2,1-3H3,(H2,14,15,16,17). The van der Waals surface area contributed by atoms with Crippen LogP contribution in [0.1, 0.15) is 19.8 Å². The average molecular weight is 295 g/mol. The van der Waals surface area contributed by atoms with E-state index in [1.165, 1.54) is 11.8 Å². The number of hydrogen-bond acceptors (Lipinski definition) is 6. The number of nitrogens with one attached hydrogen (secondary N) is 2. The van der Waals surface area contributed by atoms with Crippen molar-refractivity contribution in [2.24, 2.45) is 0 Å². The highest BCUT2D eigenvalue weighted by Crippen LogP contribution is 2.20. The number of rotatable bonds is 5. The molecular weight excluding hydrogens is 274 g/mol. The summed E-state index contributed by atoms with van der Waals surface area (Å²) >= 11 is 1.52. The number of amides is 1. The summed E-state index contributed by atoms with van der Waals surface area (Å²) in [5.74, 6) is 1.85. The van der Waals surface area contributed by atoms with Gasteiger partial charge in [-0.25, -0.2) is 9.97 Å². The summed E-state index contributed by atoms with van der Waals surface area (Å²) in [4.78, 5) is 22.1. The van der Waals surface area contributed by atoms with Crippen LogP contribution in [0.5, 0.6) is 0 Å². The van der Waals surface area contributed by atoms with Gasteiger partial charge < -0.3 is 15.5 Å². The van der Waals surface area contributed by atoms with E-state index in [2.05, 4.69) is 20.6 Å². The first-order valence-corrected chi connectivity index (χ1v) is 8.02. The molecule has 1 aromatic heterocycles. The van der Waals surface area contributed by atoms with E-state index in [4.69, 9.17) is 0 Å². The Bertz CT molecular complexity index is 482. The van der Waals surface area contributed by atoms with Gasteiger partial charge >= 0.3 is 0 Å². The van der Waals surface area contributed by atoms with Crippen molar-refractivity contribution >= 4 is 29.3 Å². The Morgan fingerprint density at radius 1 is 1.45 bits per heavy atom. The van der Waals surface area contributed by atoms with Gasteiger partial charge in [-0.05, 0) is 19.6 Å². The van der Waals surface area contributed by atoms with Gasteiger partial charge in [-0.2, -0.15) is 0 Å². The number of carbonyl (C=O) groups excluding carboxylic acids is 1. The second kappa shape index (κ2) is 6.78. The van der Waals surface area contributed by atoms with Crippen LogP contribution in [0.25, 0.3) is 0 Å². The number of anilines is 2. The molecule has 6 nitrogen and oxygen atoms in total. The molecule has 1 saturated heterocycles. The highest BCUT2D eigenvalue weighted by atomic mass is 32.2. The SMILES string of the molecule is CCNc1cc(NC2CCC(=O)N(C)C2)nc(SC)n1. The van der Waals surface area contributed by atoms with Gasteiger partial charge in [-0.3, -0.25) is 4.79 Å². The molecule has 2 N–H and O–H groups in total. The van der Waals surface area contributed by atoms with Crippen molar-refractivity contribution in [1.82, 2.24) is 14.9 Å². The van der Waals surface area contributed by atoms with E-state index in [0.717, 1.165) is 29.8 Å². The van der Waals surface area contributed by atoms with Crippen molar-refractivity contribution in [3.05, 3.63) is 6.07 Å². The normalized spacial score (nSPS) is 19.1. The lowest BCUT2D eigenvalue weighted by molar-refractivity contribution is -0.132. The van der Waals surface area contributed by atoms with Crippen LogP contribution in [0.4, 0.5) is 11.6 Å². The van der Waals surface area contributed by atoms with E-state index >= 15 is 0 Å². The molecule has 1 fully saturated rings. The maximum atomic E-state index is 11.5. The Balaban J connectivity index is 2.08. The zero-order valence-electron chi connectivity index (χ0n) is 12.1. The van der Waals surface area contributed by atoms with Crippen LogP contribution >= 0.6 is 11.8 Å². The highest BCUT2D eigenvalue weighted by Gasteiger charge is 2.23. The summed E-state index contributed by atoms with van der Waals surface area (Å²) in [6.07, 6.45) is 3.40. The van der Waals surface area contributed by atoms with Crippen LogP contribution in [0.3, 0.4) is 0 Å². The third-order valence-corrected chi connectivity index (χ3v) is 3.77. The van der Waals surface area contributed by atoms with Crippen LogP contribution in [-0.2, 0) is 4.79 Å². The fourth-order valence-corrected chi connectivity index (χ4v) is 2.58. The molecule has 1 aliphatic heterocycles.